The number of nitrogens with zero attached hydrogens (tertiary/aromatic N) is 2. The van der Waals surface area contributed by atoms with Crippen molar-refractivity contribution in [1.82, 2.24) is 4.90 Å². The van der Waals surface area contributed by atoms with Crippen LogP contribution in [0.2, 0.25) is 0 Å². The molecule has 2 heterocycles. The molecule has 1 aromatic carbocycles. The number of benzene rings is 1. The smallest absolute Gasteiger partial charge is 0.119 e. The first kappa shape index (κ1) is 16.2. The number of hydrogen-bond donors (Lipinski definition) is 1. The van der Waals surface area contributed by atoms with E-state index in [1.807, 2.05) is 0 Å². The largest absolute Gasteiger partial charge is 0.490 e. The first-order valence-corrected chi connectivity index (χ1v) is 9.72. The van der Waals surface area contributed by atoms with E-state index < -0.39 is 0 Å². The fourth-order valence-electron chi connectivity index (χ4n) is 4.16. The molecule has 0 aromatic heterocycles. The van der Waals surface area contributed by atoms with Gasteiger partial charge < -0.3 is 19.6 Å². The lowest BCUT2D eigenvalue weighted by atomic mass is 9.90. The zero-order valence-corrected chi connectivity index (χ0v) is 14.6. The Morgan fingerprint density at radius 3 is 2.08 bits per heavy atom. The molecule has 0 unspecified atom stereocenters. The van der Waals surface area contributed by atoms with Gasteiger partial charge in [-0.05, 0) is 62.8 Å². The van der Waals surface area contributed by atoms with Gasteiger partial charge in [-0.25, -0.2) is 0 Å². The van der Waals surface area contributed by atoms with E-state index in [2.05, 4.69) is 34.1 Å². The monoisotopic (exact) mass is 330 g/mol. The Balaban J connectivity index is 1.26. The Kier molecular flexibility index (Phi) is 4.95. The summed E-state index contributed by atoms with van der Waals surface area (Å²) in [7, 11) is 0. The molecule has 4 nitrogen and oxygen atoms in total. The third-order valence-electron chi connectivity index (χ3n) is 6.04. The van der Waals surface area contributed by atoms with Gasteiger partial charge in [-0.3, -0.25) is 0 Å². The molecule has 0 radical (unpaired) electrons. The molecule has 1 saturated carbocycles. The van der Waals surface area contributed by atoms with Crippen molar-refractivity contribution < 1.29 is 9.84 Å². The maximum Gasteiger partial charge on any atom is 0.119 e. The van der Waals surface area contributed by atoms with Crippen molar-refractivity contribution in [3.05, 3.63) is 24.3 Å². The van der Waals surface area contributed by atoms with E-state index in [1.165, 1.54) is 38.0 Å². The first-order valence-electron chi connectivity index (χ1n) is 9.72. The van der Waals surface area contributed by atoms with E-state index >= 15 is 0 Å². The molecule has 1 aromatic rings. The van der Waals surface area contributed by atoms with Gasteiger partial charge in [-0.1, -0.05) is 6.42 Å². The molecule has 3 fully saturated rings. The van der Waals surface area contributed by atoms with Gasteiger partial charge in [0.15, 0.2) is 0 Å². The molecule has 24 heavy (non-hydrogen) atoms. The molecule has 2 saturated heterocycles. The summed E-state index contributed by atoms with van der Waals surface area (Å²) in [5.74, 6) is 0.998. The topological polar surface area (TPSA) is 35.9 Å². The average molecular weight is 330 g/mol. The van der Waals surface area contributed by atoms with Crippen molar-refractivity contribution in [2.45, 2.75) is 63.2 Å². The fraction of sp³-hybridized carbons (Fsp3) is 0.700. The molecule has 0 atom stereocenters. The lowest BCUT2D eigenvalue weighted by molar-refractivity contribution is 0.0493. The van der Waals surface area contributed by atoms with Gasteiger partial charge in [-0.15, -0.1) is 0 Å². The van der Waals surface area contributed by atoms with Crippen LogP contribution >= 0.6 is 0 Å². The molecule has 1 N–H and O–H groups in total. The summed E-state index contributed by atoms with van der Waals surface area (Å²) >= 11 is 0. The van der Waals surface area contributed by atoms with Crippen LogP contribution < -0.4 is 9.64 Å². The standard InChI is InChI=1S/C20H30N2O2/c23-18-8-12-21(13-9-18)17-4-6-19(7-5-17)24-20-10-14-22(15-11-20)16-2-1-3-16/h4-7,16,18,20,23H,1-3,8-15H2. The van der Waals surface area contributed by atoms with E-state index in [0.29, 0.717) is 6.10 Å². The van der Waals surface area contributed by atoms with E-state index in [9.17, 15) is 5.11 Å². The molecule has 0 spiro atoms. The van der Waals surface area contributed by atoms with Crippen LogP contribution in [0.1, 0.15) is 44.9 Å². The number of aliphatic hydroxyl groups excluding tert-OH is 1. The van der Waals surface area contributed by atoms with Crippen molar-refractivity contribution in [1.29, 1.82) is 0 Å². The Hall–Kier alpha value is -1.26. The van der Waals surface area contributed by atoms with Crippen molar-refractivity contribution in [3.8, 4) is 5.75 Å². The summed E-state index contributed by atoms with van der Waals surface area (Å²) in [6.45, 7) is 4.29. The van der Waals surface area contributed by atoms with Crippen LogP contribution in [0.15, 0.2) is 24.3 Å². The molecular weight excluding hydrogens is 300 g/mol. The fourth-order valence-corrected chi connectivity index (χ4v) is 4.16. The van der Waals surface area contributed by atoms with Crippen LogP contribution in [0, 0.1) is 0 Å². The minimum absolute atomic E-state index is 0.116. The van der Waals surface area contributed by atoms with Crippen molar-refractivity contribution in [2.75, 3.05) is 31.1 Å². The van der Waals surface area contributed by atoms with Crippen LogP contribution in [0.4, 0.5) is 5.69 Å². The number of anilines is 1. The van der Waals surface area contributed by atoms with Crippen LogP contribution in [0.5, 0.6) is 5.75 Å². The third kappa shape index (κ3) is 3.70. The highest BCUT2D eigenvalue weighted by Crippen LogP contribution is 2.29. The minimum Gasteiger partial charge on any atom is -0.490 e. The molecule has 0 amide bonds. The van der Waals surface area contributed by atoms with Gasteiger partial charge in [-0.2, -0.15) is 0 Å². The summed E-state index contributed by atoms with van der Waals surface area (Å²) in [5, 5.41) is 9.62. The molecule has 1 aliphatic carbocycles. The van der Waals surface area contributed by atoms with Crippen LogP contribution in [-0.2, 0) is 0 Å². The van der Waals surface area contributed by atoms with Gasteiger partial charge in [0, 0.05) is 37.9 Å². The number of rotatable bonds is 4. The maximum absolute atomic E-state index is 9.62. The predicted molar refractivity (Wildman–Crippen MR) is 96.8 cm³/mol. The lowest BCUT2D eigenvalue weighted by Crippen LogP contribution is -2.46. The molecule has 2 aliphatic heterocycles. The van der Waals surface area contributed by atoms with Gasteiger partial charge in [0.2, 0.25) is 0 Å². The van der Waals surface area contributed by atoms with E-state index in [-0.39, 0.29) is 6.10 Å². The SMILES string of the molecule is OC1CCN(c2ccc(OC3CCN(C4CCC4)CC3)cc2)CC1. The Morgan fingerprint density at radius 1 is 0.833 bits per heavy atom. The number of likely N-dealkylation sites (tertiary alicyclic amines) is 1. The van der Waals surface area contributed by atoms with E-state index in [1.54, 1.807) is 0 Å². The summed E-state index contributed by atoms with van der Waals surface area (Å²) < 4.78 is 6.21. The van der Waals surface area contributed by atoms with Crippen molar-refractivity contribution >= 4 is 5.69 Å². The normalized spacial score (nSPS) is 24.8. The average Bonchev–Trinajstić information content (AvgIpc) is 2.57. The van der Waals surface area contributed by atoms with E-state index in [4.69, 9.17) is 4.74 Å². The summed E-state index contributed by atoms with van der Waals surface area (Å²) in [5.41, 5.74) is 1.24. The number of ether oxygens (including phenoxy) is 1. The Bertz CT molecular complexity index is 513. The van der Waals surface area contributed by atoms with E-state index in [0.717, 1.165) is 50.6 Å². The highest BCUT2D eigenvalue weighted by atomic mass is 16.5. The van der Waals surface area contributed by atoms with Crippen LogP contribution in [-0.4, -0.2) is 54.4 Å². The Labute approximate surface area is 145 Å². The van der Waals surface area contributed by atoms with Gasteiger partial charge in [0.1, 0.15) is 11.9 Å². The Morgan fingerprint density at radius 2 is 1.50 bits per heavy atom. The molecular formula is C20H30N2O2. The molecule has 4 heteroatoms. The lowest BCUT2D eigenvalue weighted by Gasteiger charge is -2.41. The molecule has 3 aliphatic rings. The molecule has 0 bridgehead atoms. The summed E-state index contributed by atoms with van der Waals surface area (Å²) in [6, 6.07) is 9.41. The zero-order chi connectivity index (χ0) is 16.4. The van der Waals surface area contributed by atoms with Gasteiger partial charge in [0.25, 0.3) is 0 Å². The maximum atomic E-state index is 9.62. The van der Waals surface area contributed by atoms with Gasteiger partial charge in [0.05, 0.1) is 6.10 Å². The summed E-state index contributed by atoms with van der Waals surface area (Å²) in [4.78, 5) is 5.02. The molecule has 132 valence electrons. The second-order valence-corrected chi connectivity index (χ2v) is 7.65. The second-order valence-electron chi connectivity index (χ2n) is 7.65. The number of piperidine rings is 2. The van der Waals surface area contributed by atoms with Gasteiger partial charge >= 0.3 is 0 Å². The van der Waals surface area contributed by atoms with Crippen molar-refractivity contribution in [3.63, 3.8) is 0 Å². The van der Waals surface area contributed by atoms with Crippen LogP contribution in [0.3, 0.4) is 0 Å². The quantitative estimate of drug-likeness (QED) is 0.920. The molecule has 4 rings (SSSR count). The van der Waals surface area contributed by atoms with Crippen LogP contribution in [0.25, 0.3) is 0 Å². The van der Waals surface area contributed by atoms with Crippen molar-refractivity contribution in [2.24, 2.45) is 0 Å². The number of aliphatic hydroxyl groups is 1. The minimum atomic E-state index is -0.116. The third-order valence-corrected chi connectivity index (χ3v) is 6.04. The summed E-state index contributed by atoms with van der Waals surface area (Å²) in [6.07, 6.45) is 8.54. The first-order chi connectivity index (χ1) is 11.8. The number of hydrogen-bond acceptors (Lipinski definition) is 4. The highest BCUT2D eigenvalue weighted by Gasteiger charge is 2.29. The second kappa shape index (κ2) is 7.32. The predicted octanol–water partition coefficient (Wildman–Crippen LogP) is 3.04. The zero-order valence-electron chi connectivity index (χ0n) is 14.6. The highest BCUT2D eigenvalue weighted by molar-refractivity contribution is 5.49.